The maximum atomic E-state index is 6.49. The van der Waals surface area contributed by atoms with Crippen LogP contribution in [0.1, 0.15) is 93.9 Å². The van der Waals surface area contributed by atoms with E-state index in [1.165, 1.54) is 38.5 Å². The third-order valence-electron chi connectivity index (χ3n) is 5.41. The van der Waals surface area contributed by atoms with Crippen molar-refractivity contribution in [3.63, 3.8) is 0 Å². The molecule has 0 spiro atoms. The second-order valence-corrected chi connectivity index (χ2v) is 11.7. The first kappa shape index (κ1) is 23.1. The molecule has 3 heteroatoms. The molecule has 0 aliphatic carbocycles. The Kier molecular flexibility index (Phi) is 11.7. The smallest absolute Gasteiger partial charge is 0.344 e. The molecular weight excluding hydrogens is 300 g/mol. The molecule has 23 heavy (non-hydrogen) atoms. The lowest BCUT2D eigenvalue weighted by atomic mass is 9.93. The van der Waals surface area contributed by atoms with Crippen molar-refractivity contribution in [3.05, 3.63) is 0 Å². The predicted molar refractivity (Wildman–Crippen MR) is 105 cm³/mol. The van der Waals surface area contributed by atoms with Gasteiger partial charge in [-0.3, -0.25) is 0 Å². The summed E-state index contributed by atoms with van der Waals surface area (Å²) in [7, 11) is -2.23. The maximum Gasteiger partial charge on any atom is 0.344 e. The summed E-state index contributed by atoms with van der Waals surface area (Å²) in [5.41, 5.74) is 0. The predicted octanol–water partition coefficient (Wildman–Crippen LogP) is 6.93. The Morgan fingerprint density at radius 1 is 0.913 bits per heavy atom. The van der Waals surface area contributed by atoms with Crippen molar-refractivity contribution in [2.24, 2.45) is 11.8 Å². The van der Waals surface area contributed by atoms with E-state index in [2.05, 4.69) is 55.4 Å². The van der Waals surface area contributed by atoms with Gasteiger partial charge in [0, 0.05) is 18.3 Å². The van der Waals surface area contributed by atoms with Crippen LogP contribution < -0.4 is 0 Å². The van der Waals surface area contributed by atoms with Crippen molar-refractivity contribution in [2.45, 2.75) is 105 Å². The average Bonchev–Trinajstić information content (AvgIpc) is 2.50. The molecule has 0 aromatic rings. The summed E-state index contributed by atoms with van der Waals surface area (Å²) in [5, 5.41) is 0.161. The van der Waals surface area contributed by atoms with Crippen LogP contribution in [0, 0.1) is 11.8 Å². The number of unbranched alkanes of at least 4 members (excludes halogenated alkanes) is 1. The highest BCUT2D eigenvalue weighted by Crippen LogP contribution is 2.48. The molecule has 1 unspecified atom stereocenters. The Labute approximate surface area is 148 Å². The molecule has 1 atom stereocenters. The van der Waals surface area contributed by atoms with E-state index in [1.807, 2.05) is 0 Å². The van der Waals surface area contributed by atoms with Gasteiger partial charge in [0.1, 0.15) is 0 Å². The summed E-state index contributed by atoms with van der Waals surface area (Å²) in [6, 6.07) is 1.15. The highest BCUT2D eigenvalue weighted by molar-refractivity contribution is 6.70. The van der Waals surface area contributed by atoms with Crippen molar-refractivity contribution in [2.75, 3.05) is 13.2 Å². The summed E-state index contributed by atoms with van der Waals surface area (Å²) in [6.07, 6.45) is 7.63. The first-order chi connectivity index (χ1) is 10.8. The van der Waals surface area contributed by atoms with E-state index in [4.69, 9.17) is 8.85 Å². The molecule has 0 aromatic heterocycles. The Hall–Kier alpha value is 0.137. The molecule has 0 rings (SSSR count). The van der Waals surface area contributed by atoms with E-state index in [-0.39, 0.29) is 5.04 Å². The van der Waals surface area contributed by atoms with Gasteiger partial charge in [0.25, 0.3) is 0 Å². The van der Waals surface area contributed by atoms with Gasteiger partial charge >= 0.3 is 8.56 Å². The van der Waals surface area contributed by atoms with Gasteiger partial charge in [-0.2, -0.15) is 0 Å². The SMILES string of the molecule is CCCCC(C)CC(C)(C)[Si](CC(CC)CC)(OCC)OCC. The Balaban J connectivity index is 5.32. The van der Waals surface area contributed by atoms with Crippen LogP contribution in [0.2, 0.25) is 11.1 Å². The molecule has 0 heterocycles. The molecule has 0 saturated carbocycles. The van der Waals surface area contributed by atoms with Crippen LogP contribution in [-0.4, -0.2) is 21.8 Å². The molecule has 0 aliphatic rings. The van der Waals surface area contributed by atoms with Crippen molar-refractivity contribution < 1.29 is 8.85 Å². The highest BCUT2D eigenvalue weighted by atomic mass is 28.4. The molecule has 0 saturated heterocycles. The second kappa shape index (κ2) is 11.6. The third kappa shape index (κ3) is 7.27. The highest BCUT2D eigenvalue weighted by Gasteiger charge is 2.52. The number of hydrogen-bond donors (Lipinski definition) is 0. The van der Waals surface area contributed by atoms with Crippen LogP contribution in [0.4, 0.5) is 0 Å². The van der Waals surface area contributed by atoms with E-state index in [0.29, 0.717) is 0 Å². The van der Waals surface area contributed by atoms with E-state index < -0.39 is 8.56 Å². The van der Waals surface area contributed by atoms with Gasteiger partial charge in [-0.15, -0.1) is 0 Å². The monoisotopic (exact) mass is 344 g/mol. The lowest BCUT2D eigenvalue weighted by Gasteiger charge is -2.45. The minimum absolute atomic E-state index is 0.161. The number of hydrogen-bond acceptors (Lipinski definition) is 2. The third-order valence-corrected chi connectivity index (χ3v) is 10.3. The minimum Gasteiger partial charge on any atom is -0.394 e. The molecule has 0 radical (unpaired) electrons. The van der Waals surface area contributed by atoms with E-state index in [1.54, 1.807) is 0 Å². The fourth-order valence-electron chi connectivity index (χ4n) is 3.93. The Bertz CT molecular complexity index is 281. The zero-order valence-electron chi connectivity index (χ0n) is 17.3. The Morgan fingerprint density at radius 3 is 1.83 bits per heavy atom. The van der Waals surface area contributed by atoms with Gasteiger partial charge in [0.05, 0.1) is 0 Å². The minimum atomic E-state index is -2.23. The van der Waals surface area contributed by atoms with Gasteiger partial charge in [-0.1, -0.05) is 73.6 Å². The lowest BCUT2D eigenvalue weighted by Crippen LogP contribution is -2.53. The van der Waals surface area contributed by atoms with Gasteiger partial charge < -0.3 is 8.85 Å². The van der Waals surface area contributed by atoms with Crippen molar-refractivity contribution in [1.82, 2.24) is 0 Å². The Morgan fingerprint density at radius 2 is 1.43 bits per heavy atom. The molecule has 0 fully saturated rings. The van der Waals surface area contributed by atoms with E-state index in [0.717, 1.165) is 31.1 Å². The van der Waals surface area contributed by atoms with Crippen LogP contribution in [-0.2, 0) is 8.85 Å². The quantitative estimate of drug-likeness (QED) is 0.318. The van der Waals surface area contributed by atoms with E-state index in [9.17, 15) is 0 Å². The van der Waals surface area contributed by atoms with Crippen LogP contribution >= 0.6 is 0 Å². The maximum absolute atomic E-state index is 6.49. The molecule has 0 aliphatic heterocycles. The summed E-state index contributed by atoms with van der Waals surface area (Å²) in [5.74, 6) is 1.48. The molecule has 2 nitrogen and oxygen atoms in total. The molecule has 0 aromatic carbocycles. The lowest BCUT2D eigenvalue weighted by molar-refractivity contribution is 0.143. The normalized spacial score (nSPS) is 14.5. The second-order valence-electron chi connectivity index (χ2n) is 7.84. The van der Waals surface area contributed by atoms with Crippen LogP contribution in [0.3, 0.4) is 0 Å². The average molecular weight is 345 g/mol. The standard InChI is InChI=1S/C20H44O2Si/c1-9-14-15-18(6)16-20(7,8)23(21-12-4,22-13-5)17-19(10-2)11-3/h18-19H,9-17H2,1-8H3. The van der Waals surface area contributed by atoms with Gasteiger partial charge in [-0.05, 0) is 38.1 Å². The van der Waals surface area contributed by atoms with Crippen molar-refractivity contribution >= 4 is 8.56 Å². The summed E-state index contributed by atoms with van der Waals surface area (Å²) in [6.45, 7) is 19.9. The molecule has 0 bridgehead atoms. The summed E-state index contributed by atoms with van der Waals surface area (Å²) >= 11 is 0. The van der Waals surface area contributed by atoms with E-state index >= 15 is 0 Å². The van der Waals surface area contributed by atoms with Crippen molar-refractivity contribution in [1.29, 1.82) is 0 Å². The first-order valence-corrected chi connectivity index (χ1v) is 12.1. The van der Waals surface area contributed by atoms with Crippen molar-refractivity contribution in [3.8, 4) is 0 Å². The van der Waals surface area contributed by atoms with Gasteiger partial charge in [0.2, 0.25) is 0 Å². The zero-order valence-corrected chi connectivity index (χ0v) is 18.3. The van der Waals surface area contributed by atoms with Crippen LogP contribution in [0.25, 0.3) is 0 Å². The molecular formula is C20H44O2Si. The fourth-order valence-corrected chi connectivity index (χ4v) is 8.51. The van der Waals surface area contributed by atoms with Gasteiger partial charge in [0.15, 0.2) is 0 Å². The fraction of sp³-hybridized carbons (Fsp3) is 1.00. The topological polar surface area (TPSA) is 18.5 Å². The van der Waals surface area contributed by atoms with Crippen LogP contribution in [0.15, 0.2) is 0 Å². The molecule has 0 amide bonds. The summed E-state index contributed by atoms with van der Waals surface area (Å²) < 4.78 is 13.0. The zero-order chi connectivity index (χ0) is 17.9. The number of rotatable bonds is 14. The first-order valence-electron chi connectivity index (χ1n) is 10.1. The summed E-state index contributed by atoms with van der Waals surface area (Å²) in [4.78, 5) is 0. The molecule has 0 N–H and O–H groups in total. The van der Waals surface area contributed by atoms with Gasteiger partial charge in [-0.25, -0.2) is 0 Å². The molecule has 140 valence electrons. The van der Waals surface area contributed by atoms with Crippen LogP contribution in [0.5, 0.6) is 0 Å². The largest absolute Gasteiger partial charge is 0.394 e.